The summed E-state index contributed by atoms with van der Waals surface area (Å²) in [5.74, 6) is 1.68. The summed E-state index contributed by atoms with van der Waals surface area (Å²) in [6.07, 6.45) is 4.10. The molecule has 0 bridgehead atoms. The predicted molar refractivity (Wildman–Crippen MR) is 141 cm³/mol. The number of para-hydroxylation sites is 1. The molecule has 0 saturated heterocycles. The predicted octanol–water partition coefficient (Wildman–Crippen LogP) is 5.60. The number of ether oxygens (including phenoxy) is 3. The van der Waals surface area contributed by atoms with Crippen molar-refractivity contribution in [2.24, 2.45) is 0 Å². The minimum Gasteiger partial charge on any atom is -0.493 e. The molecule has 0 atom stereocenters. The summed E-state index contributed by atoms with van der Waals surface area (Å²) < 4.78 is 17.2. The second-order valence-electron chi connectivity index (χ2n) is 8.46. The number of methoxy groups -OCH3 is 1. The van der Waals surface area contributed by atoms with Crippen LogP contribution in [0.4, 0.5) is 5.69 Å². The van der Waals surface area contributed by atoms with Crippen LogP contribution in [-0.2, 0) is 17.6 Å². The third-order valence-corrected chi connectivity index (χ3v) is 6.13. The van der Waals surface area contributed by atoms with Gasteiger partial charge >= 0.3 is 0 Å². The number of hydrogen-bond acceptors (Lipinski definition) is 5. The lowest BCUT2D eigenvalue weighted by Gasteiger charge is -2.16. The Hall–Kier alpha value is -4.24. The third-order valence-electron chi connectivity index (χ3n) is 6.13. The van der Waals surface area contributed by atoms with Crippen molar-refractivity contribution in [3.8, 4) is 23.3 Å². The van der Waals surface area contributed by atoms with E-state index in [0.29, 0.717) is 43.2 Å². The van der Waals surface area contributed by atoms with Gasteiger partial charge in [-0.2, -0.15) is 5.26 Å². The number of nitrogens with zero attached hydrogens (tertiary/aromatic N) is 2. The minimum atomic E-state index is -0.300. The summed E-state index contributed by atoms with van der Waals surface area (Å²) in [4.78, 5) is 14.7. The van der Waals surface area contributed by atoms with Crippen LogP contribution >= 0.6 is 0 Å². The fourth-order valence-corrected chi connectivity index (χ4v) is 4.15. The average molecular weight is 483 g/mol. The first-order valence-electron chi connectivity index (χ1n) is 12.2. The van der Waals surface area contributed by atoms with E-state index >= 15 is 0 Å². The number of amides is 1. The van der Waals surface area contributed by atoms with Crippen molar-refractivity contribution in [2.75, 3.05) is 31.8 Å². The highest BCUT2D eigenvalue weighted by Crippen LogP contribution is 2.31. The van der Waals surface area contributed by atoms with Crippen molar-refractivity contribution in [3.05, 3.63) is 89.0 Å². The third kappa shape index (κ3) is 5.87. The fourth-order valence-electron chi connectivity index (χ4n) is 4.15. The van der Waals surface area contributed by atoms with Crippen LogP contribution in [0.15, 0.2) is 72.3 Å². The van der Waals surface area contributed by atoms with Gasteiger partial charge in [0.1, 0.15) is 17.4 Å². The van der Waals surface area contributed by atoms with Crippen LogP contribution in [0.2, 0.25) is 0 Å². The summed E-state index contributed by atoms with van der Waals surface area (Å²) in [6, 6.07) is 23.3. The molecule has 6 nitrogen and oxygen atoms in total. The van der Waals surface area contributed by atoms with Crippen LogP contribution < -0.4 is 19.1 Å². The lowest BCUT2D eigenvalue weighted by Crippen LogP contribution is -2.29. The highest BCUT2D eigenvalue weighted by Gasteiger charge is 2.26. The Morgan fingerprint density at radius 1 is 1.03 bits per heavy atom. The van der Waals surface area contributed by atoms with Gasteiger partial charge in [-0.25, -0.2) is 0 Å². The van der Waals surface area contributed by atoms with Crippen molar-refractivity contribution >= 4 is 17.7 Å². The maximum Gasteiger partial charge on any atom is 0.268 e. The first kappa shape index (κ1) is 24.9. The molecule has 0 fully saturated rings. The standard InChI is InChI=1S/C30H30N2O4/c1-3-22-9-12-26(13-10-22)35-17-6-18-36-28-14-11-23(20-29(28)34-2)19-25(21-31)30(33)32-16-15-24-7-4-5-8-27(24)32/h4-5,7-14,19-20H,3,6,15-18H2,1-2H3/b25-19+. The monoisotopic (exact) mass is 482 g/mol. The molecule has 0 spiro atoms. The SMILES string of the molecule is CCc1ccc(OCCCOc2ccc(/C=C(\C#N)C(=O)N3CCc4ccccc43)cc2OC)cc1. The molecule has 0 N–H and O–H groups in total. The molecule has 0 aromatic heterocycles. The van der Waals surface area contributed by atoms with E-state index in [2.05, 4.69) is 25.1 Å². The molecule has 184 valence electrons. The van der Waals surface area contributed by atoms with E-state index in [0.717, 1.165) is 29.8 Å². The fraction of sp³-hybridized carbons (Fsp3) is 0.267. The zero-order valence-electron chi connectivity index (χ0n) is 20.7. The van der Waals surface area contributed by atoms with Gasteiger partial charge in [-0.05, 0) is 65.9 Å². The number of rotatable bonds is 10. The van der Waals surface area contributed by atoms with E-state index in [1.165, 1.54) is 5.56 Å². The Morgan fingerprint density at radius 3 is 2.56 bits per heavy atom. The zero-order chi connectivity index (χ0) is 25.3. The summed E-state index contributed by atoms with van der Waals surface area (Å²) in [5, 5.41) is 9.69. The van der Waals surface area contributed by atoms with Gasteiger partial charge in [-0.15, -0.1) is 0 Å². The van der Waals surface area contributed by atoms with E-state index in [1.54, 1.807) is 30.2 Å². The largest absolute Gasteiger partial charge is 0.493 e. The lowest BCUT2D eigenvalue weighted by atomic mass is 10.1. The quantitative estimate of drug-likeness (QED) is 0.214. The Kier molecular flexibility index (Phi) is 8.25. The number of anilines is 1. The number of carbonyl (C=O) groups is 1. The summed E-state index contributed by atoms with van der Waals surface area (Å²) >= 11 is 0. The summed E-state index contributed by atoms with van der Waals surface area (Å²) in [7, 11) is 1.57. The van der Waals surface area contributed by atoms with Gasteiger partial charge in [0, 0.05) is 18.7 Å². The number of fused-ring (bicyclic) bond motifs is 1. The molecule has 36 heavy (non-hydrogen) atoms. The van der Waals surface area contributed by atoms with Crippen molar-refractivity contribution in [1.29, 1.82) is 5.26 Å². The van der Waals surface area contributed by atoms with Crippen molar-refractivity contribution in [1.82, 2.24) is 0 Å². The number of aryl methyl sites for hydroxylation is 1. The van der Waals surface area contributed by atoms with Gasteiger partial charge in [-0.3, -0.25) is 4.79 Å². The molecular weight excluding hydrogens is 452 g/mol. The van der Waals surface area contributed by atoms with Crippen molar-refractivity contribution in [2.45, 2.75) is 26.2 Å². The minimum absolute atomic E-state index is 0.0755. The second kappa shape index (κ2) is 11.9. The maximum absolute atomic E-state index is 13.1. The van der Waals surface area contributed by atoms with Crippen LogP contribution in [0.3, 0.4) is 0 Å². The van der Waals surface area contributed by atoms with Crippen LogP contribution in [0.1, 0.15) is 30.0 Å². The highest BCUT2D eigenvalue weighted by atomic mass is 16.5. The molecule has 1 heterocycles. The average Bonchev–Trinajstić information content (AvgIpc) is 3.36. The van der Waals surface area contributed by atoms with Crippen molar-refractivity contribution in [3.63, 3.8) is 0 Å². The van der Waals surface area contributed by atoms with Crippen LogP contribution in [-0.4, -0.2) is 32.8 Å². The van der Waals surface area contributed by atoms with Gasteiger partial charge in [-0.1, -0.05) is 43.3 Å². The molecule has 1 aliphatic rings. The number of carbonyl (C=O) groups excluding carboxylic acids is 1. The van der Waals surface area contributed by atoms with Gasteiger partial charge in [0.2, 0.25) is 0 Å². The second-order valence-corrected chi connectivity index (χ2v) is 8.46. The number of benzene rings is 3. The summed E-state index contributed by atoms with van der Waals surface area (Å²) in [5.41, 5.74) is 4.03. The van der Waals surface area contributed by atoms with Gasteiger partial charge in [0.25, 0.3) is 5.91 Å². The Labute approximate surface area is 212 Å². The molecule has 4 rings (SSSR count). The van der Waals surface area contributed by atoms with E-state index in [1.807, 2.05) is 42.5 Å². The highest BCUT2D eigenvalue weighted by molar-refractivity contribution is 6.12. The molecule has 0 radical (unpaired) electrons. The van der Waals surface area contributed by atoms with E-state index in [-0.39, 0.29) is 11.5 Å². The normalized spacial score (nSPS) is 12.6. The zero-order valence-corrected chi connectivity index (χ0v) is 20.7. The summed E-state index contributed by atoms with van der Waals surface area (Å²) in [6.45, 7) is 3.71. The first-order chi connectivity index (χ1) is 17.6. The van der Waals surface area contributed by atoms with Gasteiger partial charge < -0.3 is 19.1 Å². The van der Waals surface area contributed by atoms with Crippen molar-refractivity contribution < 1.29 is 19.0 Å². The van der Waals surface area contributed by atoms with Gasteiger partial charge in [0.05, 0.1) is 20.3 Å². The van der Waals surface area contributed by atoms with E-state index < -0.39 is 0 Å². The Balaban J connectivity index is 1.35. The molecule has 0 unspecified atom stereocenters. The Bertz CT molecular complexity index is 1270. The van der Waals surface area contributed by atoms with Crippen LogP contribution in [0.25, 0.3) is 6.08 Å². The molecule has 0 aliphatic carbocycles. The van der Waals surface area contributed by atoms with Crippen LogP contribution in [0.5, 0.6) is 17.2 Å². The van der Waals surface area contributed by atoms with Crippen LogP contribution in [0, 0.1) is 11.3 Å². The van der Waals surface area contributed by atoms with E-state index in [4.69, 9.17) is 14.2 Å². The Morgan fingerprint density at radius 2 is 1.81 bits per heavy atom. The molecular formula is C30H30N2O4. The molecule has 3 aromatic carbocycles. The molecule has 3 aromatic rings. The van der Waals surface area contributed by atoms with Gasteiger partial charge in [0.15, 0.2) is 11.5 Å². The lowest BCUT2D eigenvalue weighted by molar-refractivity contribution is -0.114. The number of hydrogen-bond donors (Lipinski definition) is 0. The van der Waals surface area contributed by atoms with E-state index in [9.17, 15) is 10.1 Å². The first-order valence-corrected chi connectivity index (χ1v) is 12.2. The molecule has 6 heteroatoms. The number of nitriles is 1. The molecule has 1 aliphatic heterocycles. The smallest absolute Gasteiger partial charge is 0.268 e. The molecule has 0 saturated carbocycles. The molecule has 1 amide bonds. The topological polar surface area (TPSA) is 71.8 Å². The maximum atomic E-state index is 13.1.